The topological polar surface area (TPSA) is 120 Å². The number of ether oxygens (including phenoxy) is 2. The highest BCUT2D eigenvalue weighted by Crippen LogP contribution is 2.44. The van der Waals surface area contributed by atoms with Crippen LogP contribution < -0.4 is 21.1 Å². The Kier molecular flexibility index (Phi) is 9.25. The van der Waals surface area contributed by atoms with Crippen LogP contribution in [0.3, 0.4) is 0 Å². The van der Waals surface area contributed by atoms with Crippen LogP contribution in [0.1, 0.15) is 15.9 Å². The minimum atomic E-state index is -4.59. The highest BCUT2D eigenvalue weighted by Gasteiger charge is 2.29. The van der Waals surface area contributed by atoms with Crippen LogP contribution in [-0.2, 0) is 16.6 Å². The number of alkyl halides is 3. The fourth-order valence-electron chi connectivity index (χ4n) is 4.64. The van der Waals surface area contributed by atoms with Crippen molar-refractivity contribution in [1.82, 2.24) is 14.9 Å². The molecule has 0 spiro atoms. The smallest absolute Gasteiger partial charge is 0.405 e. The van der Waals surface area contributed by atoms with Crippen molar-refractivity contribution in [2.24, 2.45) is 7.05 Å². The maximum atomic E-state index is 13.2. The number of nitrogen functional groups attached to an aromatic ring is 1. The van der Waals surface area contributed by atoms with Gasteiger partial charge in [-0.2, -0.15) is 13.2 Å². The van der Waals surface area contributed by atoms with Crippen LogP contribution in [0.2, 0.25) is 0 Å². The summed E-state index contributed by atoms with van der Waals surface area (Å²) in [6.45, 7) is 1.65. The number of rotatable bonds is 8. The lowest BCUT2D eigenvalue weighted by Gasteiger charge is -2.14. The zero-order valence-electron chi connectivity index (χ0n) is 23.9. The van der Waals surface area contributed by atoms with Gasteiger partial charge in [-0.15, -0.1) is 0 Å². The van der Waals surface area contributed by atoms with E-state index in [1.54, 1.807) is 37.4 Å². The van der Waals surface area contributed by atoms with E-state index >= 15 is 0 Å². The molecule has 13 heteroatoms. The quantitative estimate of drug-likeness (QED) is 0.143. The number of nitrogens with two attached hydrogens (primary N) is 1. The molecule has 2 amide bonds. The second-order valence-corrected chi connectivity index (χ2v) is 9.45. The molecule has 0 atom stereocenters. The number of pyridine rings is 1. The normalized spacial score (nSPS) is 11.1. The van der Waals surface area contributed by atoms with E-state index in [1.165, 1.54) is 32.5 Å². The fraction of sp³-hybridized carbons (Fsp3) is 0.194. The van der Waals surface area contributed by atoms with Gasteiger partial charge in [0.1, 0.15) is 24.7 Å². The number of hydrogen-bond donors (Lipinski definition) is 3. The van der Waals surface area contributed by atoms with E-state index < -0.39 is 30.4 Å². The molecule has 0 aliphatic rings. The van der Waals surface area contributed by atoms with Gasteiger partial charge in [-0.3, -0.25) is 9.59 Å². The summed E-state index contributed by atoms with van der Waals surface area (Å²) in [6, 6.07) is 11.0. The number of halogens is 4. The molecule has 0 fully saturated rings. The summed E-state index contributed by atoms with van der Waals surface area (Å²) in [5, 5.41) is 4.77. The van der Waals surface area contributed by atoms with Gasteiger partial charge in [-0.25, -0.2) is 9.37 Å². The Hall–Kier alpha value is -5.35. The van der Waals surface area contributed by atoms with Crippen LogP contribution in [0.15, 0.2) is 61.1 Å². The first-order chi connectivity index (χ1) is 20.9. The monoisotopic (exact) mass is 609 g/mol. The fourth-order valence-corrected chi connectivity index (χ4v) is 4.64. The van der Waals surface area contributed by atoms with Crippen molar-refractivity contribution in [3.63, 3.8) is 0 Å². The third-order valence-corrected chi connectivity index (χ3v) is 6.52. The molecule has 2 aromatic heterocycles. The molecule has 0 unspecified atom stereocenters. The van der Waals surface area contributed by atoms with Crippen molar-refractivity contribution >= 4 is 34.2 Å². The highest BCUT2D eigenvalue weighted by atomic mass is 19.4. The molecule has 0 aliphatic carbocycles. The van der Waals surface area contributed by atoms with Gasteiger partial charge in [0.25, 0.3) is 11.8 Å². The first kappa shape index (κ1) is 31.6. The second kappa shape index (κ2) is 12.9. The predicted octanol–water partition coefficient (Wildman–Crippen LogP) is 5.21. The summed E-state index contributed by atoms with van der Waals surface area (Å²) >= 11 is 0. The van der Waals surface area contributed by atoms with Gasteiger partial charge in [0, 0.05) is 31.6 Å². The average molecular weight is 610 g/mol. The van der Waals surface area contributed by atoms with Crippen LogP contribution in [-0.4, -0.2) is 54.9 Å². The lowest BCUT2D eigenvalue weighted by atomic mass is 9.96. The minimum absolute atomic E-state index is 0.0252. The molecule has 4 N–H and O–H groups in total. The second-order valence-electron chi connectivity index (χ2n) is 9.45. The number of anilines is 2. The van der Waals surface area contributed by atoms with E-state index in [0.717, 1.165) is 0 Å². The highest BCUT2D eigenvalue weighted by molar-refractivity contribution is 6.11. The molecule has 0 aliphatic heterocycles. The van der Waals surface area contributed by atoms with Crippen molar-refractivity contribution in [3.05, 3.63) is 72.2 Å². The maximum Gasteiger partial charge on any atom is 0.405 e. The Morgan fingerprint density at radius 3 is 2.41 bits per heavy atom. The number of fused-ring (bicyclic) bond motifs is 1. The van der Waals surface area contributed by atoms with Crippen LogP contribution >= 0.6 is 0 Å². The number of benzene rings is 2. The van der Waals surface area contributed by atoms with Crippen molar-refractivity contribution in [2.75, 3.05) is 38.4 Å². The van der Waals surface area contributed by atoms with Crippen molar-refractivity contribution in [1.29, 1.82) is 0 Å². The largest absolute Gasteiger partial charge is 0.496 e. The summed E-state index contributed by atoms with van der Waals surface area (Å²) < 4.78 is 63.7. The molecular weight excluding hydrogens is 582 g/mol. The van der Waals surface area contributed by atoms with Gasteiger partial charge in [0.05, 0.1) is 34.8 Å². The summed E-state index contributed by atoms with van der Waals surface area (Å²) in [5.74, 6) is 3.06. The first-order valence-electron chi connectivity index (χ1n) is 12.9. The number of nitrogens with zero attached hydrogens (tertiary/aromatic N) is 2. The molecule has 0 saturated heterocycles. The lowest BCUT2D eigenvalue weighted by molar-refractivity contribution is -0.123. The van der Waals surface area contributed by atoms with Crippen LogP contribution in [0.5, 0.6) is 5.75 Å². The molecule has 228 valence electrons. The van der Waals surface area contributed by atoms with Gasteiger partial charge < -0.3 is 30.4 Å². The summed E-state index contributed by atoms with van der Waals surface area (Å²) in [5.41, 5.74) is 10.2. The van der Waals surface area contributed by atoms with Gasteiger partial charge in [0.15, 0.2) is 5.83 Å². The van der Waals surface area contributed by atoms with Crippen LogP contribution in [0, 0.1) is 11.8 Å². The number of nitrogens with one attached hydrogen (secondary N) is 2. The number of amides is 2. The van der Waals surface area contributed by atoms with Crippen molar-refractivity contribution < 1.29 is 36.6 Å². The van der Waals surface area contributed by atoms with Gasteiger partial charge in [-0.1, -0.05) is 36.6 Å². The Balaban J connectivity index is 1.95. The Labute approximate surface area is 249 Å². The lowest BCUT2D eigenvalue weighted by Crippen LogP contribution is -2.33. The standard InChI is InChI=1S/C31H27F4N5O4/c1-17(32)29(41)39-21-10-7-18(8-11-21)26-24(25-27(40(26)2)20(6-5-13-43-3)15-37-28(25)36)19-9-12-22(23(14-19)44-4)30(42)38-16-31(33,34)35/h7-12,14-15H,1,13,16H2,2-4H3,(H2,36,37)(H,38,42)(H,39,41). The summed E-state index contributed by atoms with van der Waals surface area (Å²) in [4.78, 5) is 28.7. The molecule has 4 rings (SSSR count). The van der Waals surface area contributed by atoms with Crippen LogP contribution in [0.4, 0.5) is 29.1 Å². The Morgan fingerprint density at radius 1 is 1.11 bits per heavy atom. The van der Waals surface area contributed by atoms with Gasteiger partial charge in [-0.05, 0) is 35.4 Å². The molecule has 2 heterocycles. The molecule has 2 aromatic carbocycles. The molecule has 44 heavy (non-hydrogen) atoms. The van der Waals surface area contributed by atoms with E-state index in [-0.39, 0.29) is 23.7 Å². The molecule has 9 nitrogen and oxygen atoms in total. The minimum Gasteiger partial charge on any atom is -0.496 e. The average Bonchev–Trinajstić information content (AvgIpc) is 3.30. The maximum absolute atomic E-state index is 13.2. The van der Waals surface area contributed by atoms with Gasteiger partial charge >= 0.3 is 6.18 Å². The number of carbonyl (C=O) groups is 2. The van der Waals surface area contributed by atoms with Crippen molar-refractivity contribution in [3.8, 4) is 40.0 Å². The number of aryl methyl sites for hydroxylation is 1. The van der Waals surface area contributed by atoms with Crippen molar-refractivity contribution in [2.45, 2.75) is 6.18 Å². The number of carbonyl (C=O) groups excluding carboxylic acids is 2. The number of aromatic nitrogens is 2. The number of hydrogen-bond acceptors (Lipinski definition) is 6. The van der Waals surface area contributed by atoms with E-state index in [1.807, 2.05) is 9.88 Å². The third-order valence-electron chi connectivity index (χ3n) is 6.52. The van der Waals surface area contributed by atoms with E-state index in [2.05, 4.69) is 28.7 Å². The molecule has 0 radical (unpaired) electrons. The molecule has 4 aromatic rings. The van der Waals surface area contributed by atoms with Crippen LogP contribution in [0.25, 0.3) is 33.3 Å². The third kappa shape index (κ3) is 6.66. The Morgan fingerprint density at radius 2 is 1.80 bits per heavy atom. The SMILES string of the molecule is C=C(F)C(=O)Nc1ccc(-c2c(-c3ccc(C(=O)NCC(F)(F)F)c(OC)c3)c3c(N)ncc(C#CCOC)c3n2C)cc1. The van der Waals surface area contributed by atoms with E-state index in [4.69, 9.17) is 15.2 Å². The summed E-state index contributed by atoms with van der Waals surface area (Å²) in [6.07, 6.45) is -3.06. The molecule has 0 saturated carbocycles. The van der Waals surface area contributed by atoms with E-state index in [9.17, 15) is 27.2 Å². The van der Waals surface area contributed by atoms with E-state index in [0.29, 0.717) is 44.5 Å². The molecular formula is C31H27F4N5O4. The van der Waals surface area contributed by atoms with Gasteiger partial charge in [0.2, 0.25) is 0 Å². The summed E-state index contributed by atoms with van der Waals surface area (Å²) in [7, 11) is 4.60. The predicted molar refractivity (Wildman–Crippen MR) is 159 cm³/mol. The Bertz CT molecular complexity index is 1820. The zero-order chi connectivity index (χ0) is 32.2. The first-order valence-corrected chi connectivity index (χ1v) is 12.9. The molecule has 0 bridgehead atoms. The zero-order valence-corrected chi connectivity index (χ0v) is 23.9. The number of methoxy groups -OCH3 is 2.